The average molecular weight is 174 g/mol. The van der Waals surface area contributed by atoms with Gasteiger partial charge >= 0.3 is 0 Å². The van der Waals surface area contributed by atoms with Crippen LogP contribution in [0.1, 0.15) is 0 Å². The van der Waals surface area contributed by atoms with Gasteiger partial charge in [0.2, 0.25) is 0 Å². The van der Waals surface area contributed by atoms with Gasteiger partial charge in [-0.25, -0.2) is 0 Å². The van der Waals surface area contributed by atoms with E-state index in [1.807, 2.05) is 0 Å². The first-order valence-corrected chi connectivity index (χ1v) is 3.60. The fraction of sp³-hybridized carbons (Fsp3) is 0.714. The molecule has 0 fully saturated rings. The van der Waals surface area contributed by atoms with Gasteiger partial charge in [-0.05, 0) is 0 Å². The van der Waals surface area contributed by atoms with Crippen LogP contribution in [0.4, 0.5) is 0 Å². The maximum absolute atomic E-state index is 10.9. The molecule has 0 aliphatic rings. The maximum atomic E-state index is 10.9. The first-order chi connectivity index (χ1) is 5.37. The van der Waals surface area contributed by atoms with Crippen molar-refractivity contribution in [3.05, 3.63) is 0 Å². The summed E-state index contributed by atoms with van der Waals surface area (Å²) in [5.41, 5.74) is 0. The SMILES string of the molecule is CNC(=O)C[N+](C)(C)CC(=O)[O-]. The highest BCUT2D eigenvalue weighted by Gasteiger charge is 2.18. The van der Waals surface area contributed by atoms with Crippen molar-refractivity contribution in [2.24, 2.45) is 0 Å². The van der Waals surface area contributed by atoms with E-state index in [0.29, 0.717) is 0 Å². The molecule has 0 heterocycles. The lowest BCUT2D eigenvalue weighted by atomic mass is 10.4. The molecule has 0 rings (SSSR count). The van der Waals surface area contributed by atoms with Crippen molar-refractivity contribution in [3.8, 4) is 0 Å². The lowest BCUT2D eigenvalue weighted by Gasteiger charge is -2.28. The zero-order valence-electron chi connectivity index (χ0n) is 7.59. The maximum Gasteiger partial charge on any atom is 0.275 e. The smallest absolute Gasteiger partial charge is 0.275 e. The summed E-state index contributed by atoms with van der Waals surface area (Å²) in [7, 11) is 4.83. The highest BCUT2D eigenvalue weighted by atomic mass is 16.4. The highest BCUT2D eigenvalue weighted by molar-refractivity contribution is 5.77. The summed E-state index contributed by atoms with van der Waals surface area (Å²) >= 11 is 0. The molecule has 5 nitrogen and oxygen atoms in total. The van der Waals surface area contributed by atoms with E-state index in [1.54, 1.807) is 14.1 Å². The van der Waals surface area contributed by atoms with Gasteiger partial charge in [-0.1, -0.05) is 0 Å². The van der Waals surface area contributed by atoms with Gasteiger partial charge < -0.3 is 19.7 Å². The fourth-order valence-electron chi connectivity index (χ4n) is 0.873. The molecule has 1 N–H and O–H groups in total. The van der Waals surface area contributed by atoms with Crippen molar-refractivity contribution in [1.82, 2.24) is 5.32 Å². The lowest BCUT2D eigenvalue weighted by molar-refractivity contribution is -0.876. The van der Waals surface area contributed by atoms with Gasteiger partial charge in [0, 0.05) is 7.05 Å². The molecule has 0 radical (unpaired) electrons. The fourth-order valence-corrected chi connectivity index (χ4v) is 0.873. The van der Waals surface area contributed by atoms with E-state index in [9.17, 15) is 14.7 Å². The molecule has 0 aliphatic heterocycles. The Balaban J connectivity index is 4.03. The van der Waals surface area contributed by atoms with Gasteiger partial charge in [0.1, 0.15) is 6.54 Å². The van der Waals surface area contributed by atoms with Gasteiger partial charge in [0.25, 0.3) is 5.91 Å². The number of carbonyl (C=O) groups excluding carboxylic acids is 2. The van der Waals surface area contributed by atoms with Gasteiger partial charge in [0.15, 0.2) is 6.54 Å². The largest absolute Gasteiger partial charge is 0.544 e. The Bertz CT molecular complexity index is 189. The molecular weight excluding hydrogens is 160 g/mol. The van der Waals surface area contributed by atoms with Crippen LogP contribution in [0.3, 0.4) is 0 Å². The number of aliphatic carboxylic acids is 1. The second-order valence-corrected chi connectivity index (χ2v) is 3.30. The molecule has 12 heavy (non-hydrogen) atoms. The summed E-state index contributed by atoms with van der Waals surface area (Å²) in [5.74, 6) is -1.33. The van der Waals surface area contributed by atoms with Crippen molar-refractivity contribution in [2.45, 2.75) is 0 Å². The molecule has 0 unspecified atom stereocenters. The lowest BCUT2D eigenvalue weighted by Crippen LogP contribution is -2.52. The first-order valence-electron chi connectivity index (χ1n) is 3.60. The van der Waals surface area contributed by atoms with Crippen LogP contribution in [0.2, 0.25) is 0 Å². The minimum atomic E-state index is -1.15. The molecule has 0 aromatic heterocycles. The van der Waals surface area contributed by atoms with Gasteiger partial charge in [-0.2, -0.15) is 0 Å². The number of rotatable bonds is 4. The molecule has 0 aliphatic carbocycles. The number of carboxylic acid groups (broad SMARTS) is 1. The Hall–Kier alpha value is -1.10. The van der Waals surface area contributed by atoms with Crippen LogP contribution in [0, 0.1) is 0 Å². The number of amides is 1. The molecule has 0 bridgehead atoms. The number of likely N-dealkylation sites (N-methyl/N-ethyl adjacent to an activating group) is 2. The summed E-state index contributed by atoms with van der Waals surface area (Å²) in [6.07, 6.45) is 0. The Morgan fingerprint density at radius 1 is 1.33 bits per heavy atom. The van der Waals surface area contributed by atoms with Crippen molar-refractivity contribution < 1.29 is 19.2 Å². The van der Waals surface area contributed by atoms with Crippen LogP contribution >= 0.6 is 0 Å². The third-order valence-electron chi connectivity index (χ3n) is 1.41. The van der Waals surface area contributed by atoms with E-state index < -0.39 is 5.97 Å². The molecule has 0 aromatic carbocycles. The first kappa shape index (κ1) is 10.9. The van der Waals surface area contributed by atoms with E-state index in [0.717, 1.165) is 0 Å². The third-order valence-corrected chi connectivity index (χ3v) is 1.41. The Morgan fingerprint density at radius 2 is 1.83 bits per heavy atom. The summed E-state index contributed by atoms with van der Waals surface area (Å²) < 4.78 is 0.0992. The number of carboxylic acids is 1. The standard InChI is InChI=1S/C7H14N2O3/c1-8-6(10)4-9(2,3)5-7(11)12/h4-5H2,1-3H3,(H-,8,10,11,12). The summed E-state index contributed by atoms with van der Waals surface area (Å²) in [6, 6.07) is 0. The monoisotopic (exact) mass is 174 g/mol. The number of carbonyl (C=O) groups is 2. The number of quaternary nitrogens is 1. The topological polar surface area (TPSA) is 69.2 Å². The molecule has 0 aromatic rings. The summed E-state index contributed by atoms with van der Waals surface area (Å²) in [6.45, 7) is -0.0160. The van der Waals surface area contributed by atoms with Crippen LogP contribution in [0.25, 0.3) is 0 Å². The number of nitrogens with zero attached hydrogens (tertiary/aromatic N) is 1. The minimum Gasteiger partial charge on any atom is -0.544 e. The van der Waals surface area contributed by atoms with Crippen LogP contribution in [-0.2, 0) is 9.59 Å². The van der Waals surface area contributed by atoms with Gasteiger partial charge in [-0.15, -0.1) is 0 Å². The van der Waals surface area contributed by atoms with E-state index >= 15 is 0 Å². The van der Waals surface area contributed by atoms with E-state index in [-0.39, 0.29) is 23.5 Å². The molecule has 70 valence electrons. The predicted molar refractivity (Wildman–Crippen MR) is 40.9 cm³/mol. The summed E-state index contributed by atoms with van der Waals surface area (Å²) in [4.78, 5) is 21.1. The molecule has 0 atom stereocenters. The van der Waals surface area contributed by atoms with E-state index in [2.05, 4.69) is 5.32 Å². The molecule has 5 heteroatoms. The van der Waals surface area contributed by atoms with Gasteiger partial charge in [-0.3, -0.25) is 4.79 Å². The molecule has 0 spiro atoms. The zero-order valence-corrected chi connectivity index (χ0v) is 7.59. The van der Waals surface area contributed by atoms with E-state index in [4.69, 9.17) is 0 Å². The van der Waals surface area contributed by atoms with Crippen LogP contribution in [0.15, 0.2) is 0 Å². The van der Waals surface area contributed by atoms with Crippen LogP contribution in [-0.4, -0.2) is 50.6 Å². The number of hydrogen-bond donors (Lipinski definition) is 1. The zero-order chi connectivity index (χ0) is 9.78. The van der Waals surface area contributed by atoms with Crippen LogP contribution < -0.4 is 10.4 Å². The third kappa shape index (κ3) is 4.68. The van der Waals surface area contributed by atoms with E-state index in [1.165, 1.54) is 7.05 Å². The van der Waals surface area contributed by atoms with Gasteiger partial charge in [0.05, 0.1) is 20.1 Å². The predicted octanol–water partition coefficient (Wildman–Crippen LogP) is -2.44. The Kier molecular flexibility index (Phi) is 3.69. The van der Waals surface area contributed by atoms with Crippen molar-refractivity contribution >= 4 is 11.9 Å². The molecule has 0 saturated heterocycles. The number of nitrogens with one attached hydrogen (secondary N) is 1. The highest BCUT2D eigenvalue weighted by Crippen LogP contribution is 1.94. The molecule has 1 amide bonds. The van der Waals surface area contributed by atoms with Crippen molar-refractivity contribution in [3.63, 3.8) is 0 Å². The average Bonchev–Trinajstić information content (AvgIpc) is 1.83. The second kappa shape index (κ2) is 4.06. The quantitative estimate of drug-likeness (QED) is 0.481. The Labute approximate surface area is 71.6 Å². The van der Waals surface area contributed by atoms with Crippen molar-refractivity contribution in [2.75, 3.05) is 34.2 Å². The molecular formula is C7H14N2O3. The second-order valence-electron chi connectivity index (χ2n) is 3.30. The minimum absolute atomic E-state index is 0.0992. The summed E-state index contributed by atoms with van der Waals surface area (Å²) in [5, 5.41) is 12.7. The van der Waals surface area contributed by atoms with Crippen molar-refractivity contribution in [1.29, 1.82) is 0 Å². The molecule has 0 saturated carbocycles. The normalized spacial score (nSPS) is 10.9. The Morgan fingerprint density at radius 3 is 2.17 bits per heavy atom. The van der Waals surface area contributed by atoms with Crippen LogP contribution in [0.5, 0.6) is 0 Å². The number of hydrogen-bond acceptors (Lipinski definition) is 3.